The van der Waals surface area contributed by atoms with E-state index in [1.807, 2.05) is 0 Å². The highest BCUT2D eigenvalue weighted by Gasteiger charge is 2.22. The number of nitrogens with zero attached hydrogens (tertiary/aromatic N) is 2. The van der Waals surface area contributed by atoms with E-state index in [0.29, 0.717) is 0 Å². The van der Waals surface area contributed by atoms with Crippen molar-refractivity contribution in [2.45, 2.75) is 20.8 Å². The number of hydrogen-bond donors (Lipinski definition) is 0. The van der Waals surface area contributed by atoms with E-state index in [9.17, 15) is 0 Å². The van der Waals surface area contributed by atoms with Gasteiger partial charge in [0.05, 0.1) is 21.9 Å². The molecule has 0 N–H and O–H groups in total. The third-order valence-corrected chi connectivity index (χ3v) is 6.57. The van der Waals surface area contributed by atoms with Crippen LogP contribution in [0.5, 0.6) is 0 Å². The smallest absolute Gasteiger partial charge is 0.214 e. The molecule has 0 saturated heterocycles. The predicted octanol–water partition coefficient (Wildman–Crippen LogP) is 6.25. The Labute approximate surface area is 170 Å². The van der Waals surface area contributed by atoms with E-state index in [0.717, 1.165) is 0 Å². The number of para-hydroxylation sites is 2. The molecule has 3 aromatic carbocycles. The summed E-state index contributed by atoms with van der Waals surface area (Å²) in [6.45, 7) is 6.62. The van der Waals surface area contributed by atoms with Gasteiger partial charge in [0.2, 0.25) is 5.69 Å². The second kappa shape index (κ2) is 5.57. The van der Waals surface area contributed by atoms with Crippen LogP contribution in [-0.2, 0) is 7.05 Å². The number of hydrogen-bond acceptors (Lipinski definition) is 0. The van der Waals surface area contributed by atoms with Crippen molar-refractivity contribution in [3.05, 3.63) is 83.6 Å². The summed E-state index contributed by atoms with van der Waals surface area (Å²) in [6.07, 6.45) is 2.30. The summed E-state index contributed by atoms with van der Waals surface area (Å²) in [7, 11) is 2.17. The first-order valence-electron chi connectivity index (χ1n) is 10.2. The van der Waals surface area contributed by atoms with Crippen molar-refractivity contribution in [2.24, 2.45) is 7.05 Å². The Kier molecular flexibility index (Phi) is 3.18. The first-order chi connectivity index (χ1) is 14.0. The molecule has 0 aliphatic heterocycles. The van der Waals surface area contributed by atoms with Crippen molar-refractivity contribution < 1.29 is 4.57 Å². The molecule has 2 nitrogen and oxygen atoms in total. The highest BCUT2D eigenvalue weighted by molar-refractivity contribution is 6.23. The summed E-state index contributed by atoms with van der Waals surface area (Å²) in [5, 5.41) is 5.30. The Balaban J connectivity index is 1.83. The number of benzene rings is 3. The Morgan fingerprint density at radius 3 is 2.28 bits per heavy atom. The van der Waals surface area contributed by atoms with Gasteiger partial charge in [0.1, 0.15) is 7.05 Å². The van der Waals surface area contributed by atoms with Crippen molar-refractivity contribution in [1.82, 2.24) is 4.40 Å². The van der Waals surface area contributed by atoms with Gasteiger partial charge in [0.25, 0.3) is 0 Å². The zero-order chi connectivity index (χ0) is 19.9. The quantitative estimate of drug-likeness (QED) is 0.300. The van der Waals surface area contributed by atoms with Crippen LogP contribution in [0, 0.1) is 20.8 Å². The van der Waals surface area contributed by atoms with Crippen LogP contribution in [0.1, 0.15) is 16.7 Å². The van der Waals surface area contributed by atoms with Crippen LogP contribution in [0.15, 0.2) is 66.9 Å². The molecule has 0 aliphatic carbocycles. The molecule has 0 bridgehead atoms. The van der Waals surface area contributed by atoms with Crippen LogP contribution in [0.3, 0.4) is 0 Å². The Bertz CT molecular complexity index is 1580. The maximum atomic E-state index is 2.46. The minimum absolute atomic E-state index is 1.26. The average Bonchev–Trinajstić information content (AvgIpc) is 3.22. The molecule has 0 amide bonds. The zero-order valence-electron chi connectivity index (χ0n) is 17.2. The molecule has 6 aromatic rings. The number of pyridine rings is 1. The highest BCUT2D eigenvalue weighted by atomic mass is 15.0. The normalized spacial score (nSPS) is 12.1. The molecule has 6 rings (SSSR count). The van der Waals surface area contributed by atoms with E-state index in [-0.39, 0.29) is 0 Å². The van der Waals surface area contributed by atoms with E-state index in [4.69, 9.17) is 0 Å². The number of aromatic nitrogens is 2. The Morgan fingerprint density at radius 2 is 1.45 bits per heavy atom. The lowest BCUT2D eigenvalue weighted by Gasteiger charge is -2.09. The van der Waals surface area contributed by atoms with Gasteiger partial charge in [-0.2, -0.15) is 0 Å². The molecule has 2 heteroatoms. The van der Waals surface area contributed by atoms with E-state index < -0.39 is 0 Å². The second-order valence-electron chi connectivity index (χ2n) is 8.38. The molecular weight excluding hydrogens is 352 g/mol. The molecular formula is C27H23N2+. The van der Waals surface area contributed by atoms with E-state index in [2.05, 4.69) is 104 Å². The Hall–Kier alpha value is -3.39. The summed E-state index contributed by atoms with van der Waals surface area (Å²) in [6, 6.07) is 22.4. The fraction of sp³-hybridized carbons (Fsp3) is 0.148. The van der Waals surface area contributed by atoms with E-state index in [1.54, 1.807) is 0 Å². The van der Waals surface area contributed by atoms with Crippen molar-refractivity contribution in [3.8, 4) is 11.3 Å². The van der Waals surface area contributed by atoms with Gasteiger partial charge >= 0.3 is 0 Å². The van der Waals surface area contributed by atoms with Gasteiger partial charge in [-0.15, -0.1) is 0 Å². The van der Waals surface area contributed by atoms with Crippen LogP contribution in [0.2, 0.25) is 0 Å². The lowest BCUT2D eigenvalue weighted by molar-refractivity contribution is -0.659. The lowest BCUT2D eigenvalue weighted by atomic mass is 9.97. The predicted molar refractivity (Wildman–Crippen MR) is 122 cm³/mol. The third kappa shape index (κ3) is 2.09. The lowest BCUT2D eigenvalue weighted by Crippen LogP contribution is -2.30. The Morgan fingerprint density at radius 1 is 0.724 bits per heavy atom. The molecule has 0 atom stereocenters. The van der Waals surface area contributed by atoms with Crippen molar-refractivity contribution in [2.75, 3.05) is 0 Å². The SMILES string of the molecule is Cc1cc(C)c(C)c(-c2cc3c(c[n+]2C)c2cccc4c5ccccc5n3c42)c1. The monoisotopic (exact) mass is 375 g/mol. The van der Waals surface area contributed by atoms with Gasteiger partial charge in [-0.1, -0.05) is 48.0 Å². The van der Waals surface area contributed by atoms with Crippen LogP contribution < -0.4 is 4.57 Å². The molecule has 0 radical (unpaired) electrons. The molecule has 0 unspecified atom stereocenters. The minimum atomic E-state index is 1.26. The van der Waals surface area contributed by atoms with E-state index in [1.165, 1.54) is 66.0 Å². The first-order valence-corrected chi connectivity index (χ1v) is 10.2. The van der Waals surface area contributed by atoms with Crippen LogP contribution in [0.4, 0.5) is 0 Å². The van der Waals surface area contributed by atoms with Crippen LogP contribution >= 0.6 is 0 Å². The first kappa shape index (κ1) is 16.6. The number of fused-ring (bicyclic) bond motifs is 6. The van der Waals surface area contributed by atoms with Crippen molar-refractivity contribution in [1.29, 1.82) is 0 Å². The summed E-state index contributed by atoms with van der Waals surface area (Å²) >= 11 is 0. The van der Waals surface area contributed by atoms with Gasteiger partial charge < -0.3 is 4.40 Å². The average molecular weight is 375 g/mol. The summed E-state index contributed by atoms with van der Waals surface area (Å²) < 4.78 is 4.74. The van der Waals surface area contributed by atoms with Gasteiger partial charge in [-0.25, -0.2) is 4.57 Å². The fourth-order valence-corrected chi connectivity index (χ4v) is 5.09. The molecule has 3 aromatic heterocycles. The summed E-state index contributed by atoms with van der Waals surface area (Å²) in [5.74, 6) is 0. The largest absolute Gasteiger partial charge is 0.307 e. The molecule has 0 aliphatic rings. The standard InChI is InChI=1S/C27H23N2/c1-16-12-17(2)18(3)22(13-16)25-14-26-23(15-28(25)4)21-10-7-9-20-19-8-5-6-11-24(19)29(26)27(20)21/h5-15H,1-4H3/q+1. The third-order valence-electron chi connectivity index (χ3n) is 6.57. The zero-order valence-corrected chi connectivity index (χ0v) is 17.2. The molecule has 0 saturated carbocycles. The molecule has 3 heterocycles. The van der Waals surface area contributed by atoms with Crippen LogP contribution in [0.25, 0.3) is 49.4 Å². The maximum Gasteiger partial charge on any atom is 0.214 e. The van der Waals surface area contributed by atoms with Gasteiger partial charge in [0, 0.05) is 27.8 Å². The second-order valence-corrected chi connectivity index (χ2v) is 8.38. The van der Waals surface area contributed by atoms with Gasteiger partial charge in [-0.05, 0) is 44.0 Å². The molecule has 140 valence electrons. The van der Waals surface area contributed by atoms with Crippen molar-refractivity contribution in [3.63, 3.8) is 0 Å². The molecule has 29 heavy (non-hydrogen) atoms. The van der Waals surface area contributed by atoms with E-state index >= 15 is 0 Å². The molecule has 0 spiro atoms. The highest BCUT2D eigenvalue weighted by Crippen LogP contribution is 2.39. The number of aryl methyl sites for hydroxylation is 3. The summed E-state index contributed by atoms with van der Waals surface area (Å²) in [5.41, 5.74) is 10.5. The van der Waals surface area contributed by atoms with Gasteiger partial charge in [0.15, 0.2) is 6.20 Å². The van der Waals surface area contributed by atoms with Crippen LogP contribution in [-0.4, -0.2) is 4.40 Å². The van der Waals surface area contributed by atoms with Gasteiger partial charge in [-0.3, -0.25) is 0 Å². The fourth-order valence-electron chi connectivity index (χ4n) is 5.09. The number of rotatable bonds is 1. The minimum Gasteiger partial charge on any atom is -0.307 e. The van der Waals surface area contributed by atoms with Crippen molar-refractivity contribution >= 4 is 38.1 Å². The topological polar surface area (TPSA) is 8.29 Å². The maximum absolute atomic E-state index is 2.46. The molecule has 0 fully saturated rings. The summed E-state index contributed by atoms with van der Waals surface area (Å²) in [4.78, 5) is 0.